The maximum atomic E-state index is 4.68. The molecule has 0 bridgehead atoms. The third-order valence-electron chi connectivity index (χ3n) is 4.87. The largest absolute Gasteiger partial charge is 0.306 e. The number of hydrogen-bond donors (Lipinski definition) is 1. The van der Waals surface area contributed by atoms with Gasteiger partial charge < -0.3 is 5.32 Å². The Morgan fingerprint density at radius 1 is 1.00 bits per heavy atom. The van der Waals surface area contributed by atoms with Crippen LogP contribution in [0.5, 0.6) is 0 Å². The van der Waals surface area contributed by atoms with E-state index in [9.17, 15) is 0 Å². The first-order valence-corrected chi connectivity index (χ1v) is 8.89. The molecule has 2 aromatic heterocycles. The molecule has 2 aromatic carbocycles. The molecule has 26 heavy (non-hydrogen) atoms. The zero-order valence-electron chi connectivity index (χ0n) is 15.1. The van der Waals surface area contributed by atoms with Crippen molar-refractivity contribution >= 4 is 10.8 Å². The van der Waals surface area contributed by atoms with Crippen LogP contribution in [0.4, 0.5) is 0 Å². The molecule has 0 amide bonds. The van der Waals surface area contributed by atoms with Gasteiger partial charge in [-0.2, -0.15) is 5.10 Å². The van der Waals surface area contributed by atoms with Crippen LogP contribution >= 0.6 is 0 Å². The lowest BCUT2D eigenvalue weighted by molar-refractivity contribution is 0.571. The van der Waals surface area contributed by atoms with Crippen molar-refractivity contribution in [2.45, 2.75) is 26.4 Å². The Balaban J connectivity index is 1.61. The summed E-state index contributed by atoms with van der Waals surface area (Å²) in [6.07, 6.45) is 5.62. The number of nitrogens with one attached hydrogen (secondary N) is 1. The highest BCUT2D eigenvalue weighted by Gasteiger charge is 2.15. The zero-order valence-corrected chi connectivity index (χ0v) is 15.1. The molecule has 0 radical (unpaired) electrons. The zero-order chi connectivity index (χ0) is 17.9. The Hall–Kier alpha value is -2.98. The Kier molecular flexibility index (Phi) is 4.50. The quantitative estimate of drug-likeness (QED) is 0.577. The van der Waals surface area contributed by atoms with E-state index in [1.165, 1.54) is 21.9 Å². The summed E-state index contributed by atoms with van der Waals surface area (Å²) in [5.74, 6) is 0. The molecule has 4 nitrogen and oxygen atoms in total. The maximum absolute atomic E-state index is 4.68. The summed E-state index contributed by atoms with van der Waals surface area (Å²) >= 11 is 0. The molecule has 0 unspecified atom stereocenters. The topological polar surface area (TPSA) is 42.7 Å². The van der Waals surface area contributed by atoms with Crippen LogP contribution in [0.2, 0.25) is 0 Å². The van der Waals surface area contributed by atoms with E-state index in [-0.39, 0.29) is 6.04 Å². The van der Waals surface area contributed by atoms with Gasteiger partial charge in [0.2, 0.25) is 0 Å². The number of hydrogen-bond acceptors (Lipinski definition) is 3. The molecule has 2 heterocycles. The highest BCUT2D eigenvalue weighted by Crippen LogP contribution is 2.26. The van der Waals surface area contributed by atoms with Crippen LogP contribution in [0.3, 0.4) is 0 Å². The molecule has 4 heteroatoms. The molecule has 130 valence electrons. The van der Waals surface area contributed by atoms with Crippen molar-refractivity contribution in [3.63, 3.8) is 0 Å². The van der Waals surface area contributed by atoms with Crippen molar-refractivity contribution in [3.8, 4) is 5.69 Å². The first-order chi connectivity index (χ1) is 12.7. The smallest absolute Gasteiger partial charge is 0.0727 e. The fourth-order valence-electron chi connectivity index (χ4n) is 3.36. The third kappa shape index (κ3) is 3.11. The van der Waals surface area contributed by atoms with Crippen LogP contribution in [0.1, 0.15) is 29.8 Å². The van der Waals surface area contributed by atoms with Crippen molar-refractivity contribution in [2.24, 2.45) is 0 Å². The second-order valence-electron chi connectivity index (χ2n) is 6.55. The molecule has 4 rings (SSSR count). The molecule has 0 fully saturated rings. The minimum atomic E-state index is 0.215. The van der Waals surface area contributed by atoms with Crippen molar-refractivity contribution in [2.75, 3.05) is 0 Å². The molecule has 0 aliphatic heterocycles. The van der Waals surface area contributed by atoms with E-state index in [1.807, 2.05) is 35.4 Å². The van der Waals surface area contributed by atoms with E-state index in [0.29, 0.717) is 0 Å². The van der Waals surface area contributed by atoms with Crippen molar-refractivity contribution in [1.82, 2.24) is 20.1 Å². The first kappa shape index (κ1) is 16.5. The molecule has 0 saturated heterocycles. The van der Waals surface area contributed by atoms with Gasteiger partial charge in [-0.05, 0) is 43.0 Å². The van der Waals surface area contributed by atoms with E-state index >= 15 is 0 Å². The van der Waals surface area contributed by atoms with Gasteiger partial charge in [0.25, 0.3) is 0 Å². The molecule has 0 saturated carbocycles. The second-order valence-corrected chi connectivity index (χ2v) is 6.55. The number of pyridine rings is 1. The van der Waals surface area contributed by atoms with Crippen LogP contribution in [0, 0.1) is 6.92 Å². The van der Waals surface area contributed by atoms with Crippen LogP contribution in [0.25, 0.3) is 16.5 Å². The van der Waals surface area contributed by atoms with Gasteiger partial charge in [-0.1, -0.05) is 36.4 Å². The fourth-order valence-corrected chi connectivity index (χ4v) is 3.36. The van der Waals surface area contributed by atoms with Gasteiger partial charge >= 0.3 is 0 Å². The van der Waals surface area contributed by atoms with Gasteiger partial charge in [-0.15, -0.1) is 0 Å². The number of benzene rings is 2. The molecular formula is C22H22N4. The first-order valence-electron chi connectivity index (χ1n) is 8.89. The van der Waals surface area contributed by atoms with Crippen LogP contribution in [-0.4, -0.2) is 14.8 Å². The number of aromatic nitrogens is 3. The lowest BCUT2D eigenvalue weighted by atomic mass is 10.1. The second kappa shape index (κ2) is 7.10. The lowest BCUT2D eigenvalue weighted by Crippen LogP contribution is -2.18. The summed E-state index contributed by atoms with van der Waals surface area (Å²) in [5.41, 5.74) is 4.72. The molecule has 0 aliphatic rings. The number of rotatable bonds is 5. The fraction of sp³-hybridized carbons (Fsp3) is 0.182. The van der Waals surface area contributed by atoms with Crippen LogP contribution in [0.15, 0.2) is 73.2 Å². The lowest BCUT2D eigenvalue weighted by Gasteiger charge is -2.14. The average Bonchev–Trinajstić information content (AvgIpc) is 3.08. The standard InChI is InChI=1S/C22H22N4/c1-16(24-14-18-10-12-23-13-11-18)21-15-25-26(17(21)2)22-9-5-7-19-6-3-4-8-20(19)22/h3-13,15-16,24H,14H2,1-2H3/t16-/m1/s1. The van der Waals surface area contributed by atoms with E-state index in [0.717, 1.165) is 17.9 Å². The summed E-state index contributed by atoms with van der Waals surface area (Å²) in [4.78, 5) is 4.07. The molecule has 1 N–H and O–H groups in total. The van der Waals surface area contributed by atoms with E-state index in [4.69, 9.17) is 0 Å². The highest BCUT2D eigenvalue weighted by atomic mass is 15.3. The monoisotopic (exact) mass is 342 g/mol. The minimum Gasteiger partial charge on any atom is -0.306 e. The van der Waals surface area contributed by atoms with Crippen molar-refractivity contribution in [1.29, 1.82) is 0 Å². The highest BCUT2D eigenvalue weighted by molar-refractivity contribution is 5.90. The predicted molar refractivity (Wildman–Crippen MR) is 105 cm³/mol. The molecule has 0 aliphatic carbocycles. The maximum Gasteiger partial charge on any atom is 0.0727 e. The Labute approximate surface area is 153 Å². The van der Waals surface area contributed by atoms with Crippen molar-refractivity contribution < 1.29 is 0 Å². The van der Waals surface area contributed by atoms with Crippen LogP contribution < -0.4 is 5.32 Å². The molecule has 0 spiro atoms. The SMILES string of the molecule is Cc1c([C@@H](C)NCc2ccncc2)cnn1-c1cccc2ccccc12. The van der Waals surface area contributed by atoms with Gasteiger partial charge in [0.05, 0.1) is 11.9 Å². The number of fused-ring (bicyclic) bond motifs is 1. The van der Waals surface area contributed by atoms with Crippen molar-refractivity contribution in [3.05, 3.63) is 90.0 Å². The van der Waals surface area contributed by atoms with Gasteiger partial charge in [0, 0.05) is 41.6 Å². The summed E-state index contributed by atoms with van der Waals surface area (Å²) in [7, 11) is 0. The Morgan fingerprint density at radius 3 is 2.62 bits per heavy atom. The third-order valence-corrected chi connectivity index (χ3v) is 4.87. The molecule has 4 aromatic rings. The van der Waals surface area contributed by atoms with Gasteiger partial charge in [-0.3, -0.25) is 4.98 Å². The molecular weight excluding hydrogens is 320 g/mol. The van der Waals surface area contributed by atoms with E-state index in [1.54, 1.807) is 0 Å². The van der Waals surface area contributed by atoms with Crippen LogP contribution in [-0.2, 0) is 6.54 Å². The van der Waals surface area contributed by atoms with Gasteiger partial charge in [-0.25, -0.2) is 4.68 Å². The molecule has 1 atom stereocenters. The summed E-state index contributed by atoms with van der Waals surface area (Å²) < 4.78 is 2.04. The van der Waals surface area contributed by atoms with Gasteiger partial charge in [0.15, 0.2) is 0 Å². The average molecular weight is 342 g/mol. The summed E-state index contributed by atoms with van der Waals surface area (Å²) in [5, 5.41) is 10.7. The normalized spacial score (nSPS) is 12.4. The summed E-state index contributed by atoms with van der Waals surface area (Å²) in [6.45, 7) is 5.12. The minimum absolute atomic E-state index is 0.215. The van der Waals surface area contributed by atoms with Gasteiger partial charge in [0.1, 0.15) is 0 Å². The summed E-state index contributed by atoms with van der Waals surface area (Å²) in [6, 6.07) is 19.1. The van der Waals surface area contributed by atoms with E-state index in [2.05, 4.69) is 71.7 Å². The van der Waals surface area contributed by atoms with E-state index < -0.39 is 0 Å². The number of nitrogens with zero attached hydrogens (tertiary/aromatic N) is 3. The predicted octanol–water partition coefficient (Wildman–Crippen LogP) is 4.58. The Bertz CT molecular complexity index is 1020. The Morgan fingerprint density at radius 2 is 1.77 bits per heavy atom.